The van der Waals surface area contributed by atoms with Gasteiger partial charge in [0, 0.05) is 7.11 Å². The number of nitrogens with zero attached hydrogens (tertiary/aromatic N) is 2. The van der Waals surface area contributed by atoms with Crippen LogP contribution in [0.25, 0.3) is 0 Å². The summed E-state index contributed by atoms with van der Waals surface area (Å²) in [6.07, 6.45) is -0.911. The molecule has 5 nitrogen and oxygen atoms in total. The van der Waals surface area contributed by atoms with E-state index in [0.717, 1.165) is 24.8 Å². The van der Waals surface area contributed by atoms with Crippen LogP contribution in [-0.2, 0) is 16.8 Å². The number of methoxy groups -OCH3 is 1. The van der Waals surface area contributed by atoms with E-state index in [1.807, 2.05) is 12.1 Å². The lowest BCUT2D eigenvalue weighted by Gasteiger charge is -2.37. The van der Waals surface area contributed by atoms with Gasteiger partial charge < -0.3 is 14.0 Å². The fourth-order valence-electron chi connectivity index (χ4n) is 3.41. The zero-order valence-corrected chi connectivity index (χ0v) is 13.2. The second kappa shape index (κ2) is 5.81. The number of benzene rings is 1. The van der Waals surface area contributed by atoms with Crippen molar-refractivity contribution in [2.24, 2.45) is 0 Å². The number of hydrogen-bond donors (Lipinski definition) is 0. The van der Waals surface area contributed by atoms with E-state index in [1.54, 1.807) is 19.2 Å². The van der Waals surface area contributed by atoms with E-state index in [-0.39, 0.29) is 5.89 Å². The lowest BCUT2D eigenvalue weighted by atomic mass is 9.79. The van der Waals surface area contributed by atoms with Gasteiger partial charge in [0.05, 0.1) is 5.92 Å². The van der Waals surface area contributed by atoms with E-state index in [4.69, 9.17) is 14.0 Å². The fraction of sp³-hybridized carbons (Fsp3) is 0.529. The van der Waals surface area contributed by atoms with Crippen LogP contribution in [-0.4, -0.2) is 29.8 Å². The van der Waals surface area contributed by atoms with Crippen molar-refractivity contribution in [3.8, 4) is 5.75 Å². The summed E-state index contributed by atoms with van der Waals surface area (Å²) in [4.78, 5) is 4.39. The maximum absolute atomic E-state index is 13.5. The average molecular weight is 336 g/mol. The molecule has 0 spiro atoms. The lowest BCUT2D eigenvalue weighted by molar-refractivity contribution is -0.0858. The number of aromatic nitrogens is 2. The minimum Gasteiger partial charge on any atom is -0.483 e. The molecule has 2 atom stereocenters. The third kappa shape index (κ3) is 2.38. The van der Waals surface area contributed by atoms with Crippen LogP contribution in [0.4, 0.5) is 8.78 Å². The van der Waals surface area contributed by atoms with Gasteiger partial charge in [-0.15, -0.1) is 0 Å². The van der Waals surface area contributed by atoms with E-state index >= 15 is 0 Å². The Hall–Kier alpha value is -2.02. The number of para-hydroxylation sites is 1. The Morgan fingerprint density at radius 2 is 2.08 bits per heavy atom. The summed E-state index contributed by atoms with van der Waals surface area (Å²) in [6.45, 7) is 0. The molecule has 1 aliphatic heterocycles. The third-order valence-electron chi connectivity index (χ3n) is 5.04. The lowest BCUT2D eigenvalue weighted by Crippen LogP contribution is -2.38. The predicted molar refractivity (Wildman–Crippen MR) is 80.1 cm³/mol. The molecule has 7 heteroatoms. The largest absolute Gasteiger partial charge is 0.483 e. The van der Waals surface area contributed by atoms with Crippen molar-refractivity contribution in [3.05, 3.63) is 41.5 Å². The van der Waals surface area contributed by atoms with Crippen molar-refractivity contribution < 1.29 is 22.8 Å². The van der Waals surface area contributed by atoms with Gasteiger partial charge in [-0.1, -0.05) is 23.4 Å². The van der Waals surface area contributed by atoms with E-state index in [0.29, 0.717) is 18.0 Å². The van der Waals surface area contributed by atoms with Gasteiger partial charge in [-0.25, -0.2) is 8.78 Å². The summed E-state index contributed by atoms with van der Waals surface area (Å²) < 4.78 is 43.4. The van der Waals surface area contributed by atoms with Gasteiger partial charge in [-0.2, -0.15) is 4.98 Å². The maximum Gasteiger partial charge on any atom is 0.275 e. The monoisotopic (exact) mass is 336 g/mol. The van der Waals surface area contributed by atoms with Crippen LogP contribution in [0.15, 0.2) is 28.8 Å². The van der Waals surface area contributed by atoms with E-state index in [1.165, 1.54) is 0 Å². The standard InChI is InChI=1S/C17H18F2N2O3/c1-22-17(7-4-8-17)16-20-15(24-21-16)11-9-10-5-2-3-6-12(10)23-13(11)14(18)19/h2-3,5-6,11,13-14H,4,7-9H2,1H3/t11-,13-/m1/s1. The van der Waals surface area contributed by atoms with Gasteiger partial charge in [0.2, 0.25) is 11.7 Å². The first-order chi connectivity index (χ1) is 11.6. The van der Waals surface area contributed by atoms with Crippen molar-refractivity contribution in [3.63, 3.8) is 0 Å². The van der Waals surface area contributed by atoms with E-state index in [2.05, 4.69) is 10.1 Å². The minimum atomic E-state index is -2.64. The molecule has 1 aromatic carbocycles. The van der Waals surface area contributed by atoms with E-state index in [9.17, 15) is 8.78 Å². The van der Waals surface area contributed by atoms with Gasteiger partial charge in [-0.3, -0.25) is 0 Å². The molecule has 24 heavy (non-hydrogen) atoms. The van der Waals surface area contributed by atoms with Crippen molar-refractivity contribution in [2.45, 2.75) is 49.7 Å². The third-order valence-corrected chi connectivity index (χ3v) is 5.04. The van der Waals surface area contributed by atoms with Crippen LogP contribution in [0, 0.1) is 0 Å². The Morgan fingerprint density at radius 3 is 2.75 bits per heavy atom. The minimum absolute atomic E-state index is 0.188. The summed E-state index contributed by atoms with van der Waals surface area (Å²) in [7, 11) is 1.61. The summed E-state index contributed by atoms with van der Waals surface area (Å²) in [6, 6.07) is 7.19. The van der Waals surface area contributed by atoms with Gasteiger partial charge >= 0.3 is 0 Å². The number of fused-ring (bicyclic) bond motifs is 1. The highest BCUT2D eigenvalue weighted by Crippen LogP contribution is 2.44. The molecular formula is C17H18F2N2O3. The molecule has 1 aliphatic carbocycles. The molecule has 0 unspecified atom stereocenters. The summed E-state index contributed by atoms with van der Waals surface area (Å²) in [5, 5.41) is 3.99. The van der Waals surface area contributed by atoms with Crippen molar-refractivity contribution >= 4 is 0 Å². The molecule has 0 saturated heterocycles. The number of ether oxygens (including phenoxy) is 2. The molecule has 2 aromatic rings. The van der Waals surface area contributed by atoms with Crippen LogP contribution in [0.3, 0.4) is 0 Å². The second-order valence-electron chi connectivity index (χ2n) is 6.34. The SMILES string of the molecule is COC1(c2noc([C@@H]3Cc4ccccc4O[C@H]3C(F)F)n2)CCC1. The first-order valence-corrected chi connectivity index (χ1v) is 8.05. The zero-order chi connectivity index (χ0) is 16.7. The highest BCUT2D eigenvalue weighted by Gasteiger charge is 2.46. The first-order valence-electron chi connectivity index (χ1n) is 8.05. The van der Waals surface area contributed by atoms with Gasteiger partial charge in [0.15, 0.2) is 6.10 Å². The molecule has 0 amide bonds. The fourth-order valence-corrected chi connectivity index (χ4v) is 3.41. The zero-order valence-electron chi connectivity index (χ0n) is 13.2. The summed E-state index contributed by atoms with van der Waals surface area (Å²) in [5.74, 6) is 0.451. The van der Waals surface area contributed by atoms with Crippen LogP contribution in [0.1, 0.15) is 42.5 Å². The summed E-state index contributed by atoms with van der Waals surface area (Å²) in [5.41, 5.74) is 0.333. The number of alkyl halides is 2. The van der Waals surface area contributed by atoms with Crippen LogP contribution < -0.4 is 4.74 Å². The number of hydrogen-bond acceptors (Lipinski definition) is 5. The Morgan fingerprint density at radius 1 is 1.29 bits per heavy atom. The highest BCUT2D eigenvalue weighted by molar-refractivity contribution is 5.37. The van der Waals surface area contributed by atoms with Gasteiger partial charge in [-0.05, 0) is 37.3 Å². The van der Waals surface area contributed by atoms with Crippen molar-refractivity contribution in [1.29, 1.82) is 0 Å². The number of halogens is 2. The molecule has 4 rings (SSSR count). The maximum atomic E-state index is 13.5. The Labute approximate surface area is 138 Å². The molecule has 0 bridgehead atoms. The molecule has 0 radical (unpaired) electrons. The predicted octanol–water partition coefficient (Wildman–Crippen LogP) is 3.45. The molecule has 2 aliphatic rings. The molecule has 1 aromatic heterocycles. The Bertz CT molecular complexity index is 725. The van der Waals surface area contributed by atoms with Gasteiger partial charge in [0.1, 0.15) is 11.4 Å². The van der Waals surface area contributed by atoms with Crippen LogP contribution in [0.2, 0.25) is 0 Å². The van der Waals surface area contributed by atoms with E-state index < -0.39 is 24.0 Å². The molecule has 0 N–H and O–H groups in total. The first kappa shape index (κ1) is 15.5. The highest BCUT2D eigenvalue weighted by atomic mass is 19.3. The second-order valence-corrected chi connectivity index (χ2v) is 6.34. The number of rotatable bonds is 4. The molecule has 1 saturated carbocycles. The molecule has 128 valence electrons. The van der Waals surface area contributed by atoms with Crippen molar-refractivity contribution in [1.82, 2.24) is 10.1 Å². The van der Waals surface area contributed by atoms with Crippen molar-refractivity contribution in [2.75, 3.05) is 7.11 Å². The molecular weight excluding hydrogens is 318 g/mol. The van der Waals surface area contributed by atoms with Crippen LogP contribution in [0.5, 0.6) is 5.75 Å². The normalized spacial score (nSPS) is 25.0. The topological polar surface area (TPSA) is 57.4 Å². The Balaban J connectivity index is 1.66. The van der Waals surface area contributed by atoms with Gasteiger partial charge in [0.25, 0.3) is 6.43 Å². The quantitative estimate of drug-likeness (QED) is 0.856. The molecule has 2 heterocycles. The average Bonchev–Trinajstić information content (AvgIpc) is 3.03. The summed E-state index contributed by atoms with van der Waals surface area (Å²) >= 11 is 0. The van der Waals surface area contributed by atoms with Crippen LogP contribution >= 0.6 is 0 Å². The smallest absolute Gasteiger partial charge is 0.275 e. The Kier molecular flexibility index (Phi) is 3.75. The molecule has 1 fully saturated rings.